The van der Waals surface area contributed by atoms with Gasteiger partial charge in [-0.3, -0.25) is 4.79 Å². The minimum atomic E-state index is -3.49. The number of carbonyl (C=O) groups excluding carboxylic acids is 1. The SMILES string of the molecule is CN1CCN(C(=O)C2CCN(S(=O)(=O)/C=C/c3ccccc3)CC2)Cc2ccccc21. The molecule has 1 saturated heterocycles. The molecular formula is C24H29N3O3S. The molecule has 0 radical (unpaired) electrons. The van der Waals surface area contributed by atoms with Gasteiger partial charge in [0.1, 0.15) is 0 Å². The summed E-state index contributed by atoms with van der Waals surface area (Å²) < 4.78 is 26.9. The van der Waals surface area contributed by atoms with Gasteiger partial charge in [-0.2, -0.15) is 4.31 Å². The van der Waals surface area contributed by atoms with Crippen LogP contribution in [0.5, 0.6) is 0 Å². The molecular weight excluding hydrogens is 410 g/mol. The van der Waals surface area contributed by atoms with Gasteiger partial charge in [-0.1, -0.05) is 48.5 Å². The van der Waals surface area contributed by atoms with E-state index < -0.39 is 10.0 Å². The van der Waals surface area contributed by atoms with Crippen LogP contribution in [0.15, 0.2) is 60.0 Å². The first kappa shape index (κ1) is 21.6. The van der Waals surface area contributed by atoms with E-state index in [0.717, 1.165) is 17.7 Å². The molecule has 4 rings (SSSR count). The predicted molar refractivity (Wildman–Crippen MR) is 124 cm³/mol. The first-order valence-corrected chi connectivity index (χ1v) is 12.3. The lowest BCUT2D eigenvalue weighted by atomic mass is 9.96. The molecule has 0 atom stereocenters. The van der Waals surface area contributed by atoms with Crippen LogP contribution in [0.25, 0.3) is 6.08 Å². The van der Waals surface area contributed by atoms with Gasteiger partial charge < -0.3 is 9.80 Å². The first-order valence-electron chi connectivity index (χ1n) is 10.8. The van der Waals surface area contributed by atoms with E-state index in [9.17, 15) is 13.2 Å². The van der Waals surface area contributed by atoms with Crippen LogP contribution >= 0.6 is 0 Å². The molecule has 2 aromatic rings. The Bertz CT molecular complexity index is 1040. The summed E-state index contributed by atoms with van der Waals surface area (Å²) in [5, 5.41) is 1.27. The maximum Gasteiger partial charge on any atom is 0.236 e. The van der Waals surface area contributed by atoms with Crippen LogP contribution < -0.4 is 4.90 Å². The van der Waals surface area contributed by atoms with E-state index in [1.165, 1.54) is 15.4 Å². The van der Waals surface area contributed by atoms with E-state index >= 15 is 0 Å². The number of likely N-dealkylation sites (N-methyl/N-ethyl adjacent to an activating group) is 1. The van der Waals surface area contributed by atoms with Crippen molar-refractivity contribution in [1.29, 1.82) is 0 Å². The molecule has 0 spiro atoms. The largest absolute Gasteiger partial charge is 0.373 e. The van der Waals surface area contributed by atoms with Gasteiger partial charge in [0.05, 0.1) is 0 Å². The first-order chi connectivity index (χ1) is 14.9. The lowest BCUT2D eigenvalue weighted by molar-refractivity contribution is -0.137. The van der Waals surface area contributed by atoms with Crippen molar-refractivity contribution < 1.29 is 13.2 Å². The lowest BCUT2D eigenvalue weighted by Crippen LogP contribution is -2.44. The van der Waals surface area contributed by atoms with Crippen LogP contribution in [0, 0.1) is 5.92 Å². The molecule has 2 aliphatic rings. The molecule has 0 N–H and O–H groups in total. The smallest absolute Gasteiger partial charge is 0.236 e. The van der Waals surface area contributed by atoms with E-state index in [0.29, 0.717) is 39.0 Å². The van der Waals surface area contributed by atoms with Gasteiger partial charge in [-0.25, -0.2) is 8.42 Å². The zero-order valence-corrected chi connectivity index (χ0v) is 18.7. The van der Waals surface area contributed by atoms with Gasteiger partial charge in [0.15, 0.2) is 0 Å². The molecule has 7 heteroatoms. The standard InChI is InChI=1S/C24H29N3O3S/c1-25-16-17-26(19-22-9-5-6-10-23(22)25)24(28)21-11-14-27(15-12-21)31(29,30)18-13-20-7-3-2-4-8-20/h2-10,13,18,21H,11-12,14-17,19H2,1H3/b18-13+. The van der Waals surface area contributed by atoms with Crippen molar-refractivity contribution in [3.8, 4) is 0 Å². The minimum Gasteiger partial charge on any atom is -0.373 e. The summed E-state index contributed by atoms with van der Waals surface area (Å²) in [5.74, 6) is 0.0158. The zero-order chi connectivity index (χ0) is 21.8. The summed E-state index contributed by atoms with van der Waals surface area (Å²) in [4.78, 5) is 17.3. The van der Waals surface area contributed by atoms with Crippen LogP contribution in [-0.4, -0.2) is 56.8 Å². The fourth-order valence-electron chi connectivity index (χ4n) is 4.31. The molecule has 0 aliphatic carbocycles. The number of sulfonamides is 1. The highest BCUT2D eigenvalue weighted by Crippen LogP contribution is 2.27. The van der Waals surface area contributed by atoms with Crippen molar-refractivity contribution >= 4 is 27.7 Å². The quantitative estimate of drug-likeness (QED) is 0.734. The topological polar surface area (TPSA) is 60.9 Å². The van der Waals surface area contributed by atoms with Gasteiger partial charge in [0, 0.05) is 56.8 Å². The molecule has 0 saturated carbocycles. The summed E-state index contributed by atoms with van der Waals surface area (Å²) in [7, 11) is -1.43. The number of rotatable bonds is 4. The Balaban J connectivity index is 1.37. The maximum atomic E-state index is 13.2. The summed E-state index contributed by atoms with van der Waals surface area (Å²) in [6.45, 7) is 2.84. The molecule has 2 aromatic carbocycles. The molecule has 1 fully saturated rings. The van der Waals surface area contributed by atoms with Crippen LogP contribution in [-0.2, 0) is 21.4 Å². The molecule has 31 heavy (non-hydrogen) atoms. The third-order valence-electron chi connectivity index (χ3n) is 6.18. The van der Waals surface area contributed by atoms with E-state index in [4.69, 9.17) is 0 Å². The lowest BCUT2D eigenvalue weighted by Gasteiger charge is -2.33. The average Bonchev–Trinajstić information content (AvgIpc) is 2.97. The van der Waals surface area contributed by atoms with Gasteiger partial charge in [0.2, 0.25) is 15.9 Å². The van der Waals surface area contributed by atoms with Gasteiger partial charge in [0.25, 0.3) is 0 Å². The van der Waals surface area contributed by atoms with Gasteiger partial charge in [-0.05, 0) is 36.1 Å². The second-order valence-electron chi connectivity index (χ2n) is 8.24. The number of hydrogen-bond acceptors (Lipinski definition) is 4. The van der Waals surface area contributed by atoms with Crippen molar-refractivity contribution in [2.24, 2.45) is 5.92 Å². The normalized spacial score (nSPS) is 18.7. The molecule has 6 nitrogen and oxygen atoms in total. The molecule has 164 valence electrons. The Labute approximate surface area is 184 Å². The zero-order valence-electron chi connectivity index (χ0n) is 17.9. The van der Waals surface area contributed by atoms with Crippen LogP contribution in [0.2, 0.25) is 0 Å². The van der Waals surface area contributed by atoms with Crippen LogP contribution in [0.4, 0.5) is 5.69 Å². The number of nitrogens with zero attached hydrogens (tertiary/aromatic N) is 3. The number of piperidine rings is 1. The molecule has 2 heterocycles. The summed E-state index contributed by atoms with van der Waals surface area (Å²) in [6, 6.07) is 17.6. The maximum absolute atomic E-state index is 13.2. The van der Waals surface area contributed by atoms with Crippen molar-refractivity contribution in [3.63, 3.8) is 0 Å². The van der Waals surface area contributed by atoms with Crippen molar-refractivity contribution in [3.05, 3.63) is 71.1 Å². The fraction of sp³-hybridized carbons (Fsp3) is 0.375. The average molecular weight is 440 g/mol. The third-order valence-corrected chi connectivity index (χ3v) is 7.74. The number of amides is 1. The minimum absolute atomic E-state index is 0.125. The van der Waals surface area contributed by atoms with Crippen molar-refractivity contribution in [1.82, 2.24) is 9.21 Å². The second-order valence-corrected chi connectivity index (χ2v) is 10.1. The second kappa shape index (κ2) is 9.24. The van der Waals surface area contributed by atoms with Gasteiger partial charge in [-0.15, -0.1) is 0 Å². The van der Waals surface area contributed by atoms with E-state index in [1.54, 1.807) is 6.08 Å². The molecule has 0 bridgehead atoms. The van der Waals surface area contributed by atoms with Crippen molar-refractivity contribution in [2.75, 3.05) is 38.1 Å². The Hall–Kier alpha value is -2.64. The highest BCUT2D eigenvalue weighted by Gasteiger charge is 2.33. The fourth-order valence-corrected chi connectivity index (χ4v) is 5.53. The molecule has 1 amide bonds. The molecule has 0 unspecified atom stereocenters. The number of hydrogen-bond donors (Lipinski definition) is 0. The number of carbonyl (C=O) groups is 1. The summed E-state index contributed by atoms with van der Waals surface area (Å²) in [5.41, 5.74) is 3.17. The summed E-state index contributed by atoms with van der Waals surface area (Å²) in [6.07, 6.45) is 2.74. The number of para-hydroxylation sites is 1. The summed E-state index contributed by atoms with van der Waals surface area (Å²) >= 11 is 0. The van der Waals surface area contributed by atoms with Crippen LogP contribution in [0.1, 0.15) is 24.0 Å². The van der Waals surface area contributed by atoms with E-state index in [-0.39, 0.29) is 11.8 Å². The number of benzene rings is 2. The highest BCUT2D eigenvalue weighted by atomic mass is 32.2. The monoisotopic (exact) mass is 439 g/mol. The van der Waals surface area contributed by atoms with Crippen LogP contribution in [0.3, 0.4) is 0 Å². The van der Waals surface area contributed by atoms with Gasteiger partial charge >= 0.3 is 0 Å². The number of fused-ring (bicyclic) bond motifs is 1. The van der Waals surface area contributed by atoms with E-state index in [2.05, 4.69) is 24.1 Å². The highest BCUT2D eigenvalue weighted by molar-refractivity contribution is 7.92. The molecule has 0 aromatic heterocycles. The Morgan fingerprint density at radius 3 is 2.35 bits per heavy atom. The Morgan fingerprint density at radius 2 is 1.61 bits per heavy atom. The Kier molecular flexibility index (Phi) is 6.43. The van der Waals surface area contributed by atoms with Crippen molar-refractivity contribution in [2.45, 2.75) is 19.4 Å². The Morgan fingerprint density at radius 1 is 0.935 bits per heavy atom. The predicted octanol–water partition coefficient (Wildman–Crippen LogP) is 3.18. The third kappa shape index (κ3) is 4.99. The van der Waals surface area contributed by atoms with E-state index in [1.807, 2.05) is 47.4 Å². The molecule has 2 aliphatic heterocycles. The number of anilines is 1.